The molecule has 5 rings (SSSR count). The van der Waals surface area contributed by atoms with Crippen LogP contribution in [0.2, 0.25) is 0 Å². The number of hydrogen-bond acceptors (Lipinski definition) is 6. The van der Waals surface area contributed by atoms with E-state index in [1.807, 2.05) is 13.8 Å². The van der Waals surface area contributed by atoms with Crippen LogP contribution in [0.1, 0.15) is 70.8 Å². The molecule has 7 heteroatoms. The van der Waals surface area contributed by atoms with Gasteiger partial charge in [-0.25, -0.2) is 0 Å². The molecule has 4 fully saturated rings. The Morgan fingerprint density at radius 1 is 1.03 bits per heavy atom. The molecule has 8 atom stereocenters. The summed E-state index contributed by atoms with van der Waals surface area (Å²) in [5.41, 5.74) is -0.661. The highest BCUT2D eigenvalue weighted by Crippen LogP contribution is 2.75. The maximum atomic E-state index is 13.0. The minimum absolute atomic E-state index is 0.0324. The van der Waals surface area contributed by atoms with E-state index in [0.717, 1.165) is 44.1 Å². The third-order valence-electron chi connectivity index (χ3n) is 11.0. The first-order valence-corrected chi connectivity index (χ1v) is 14.3. The van der Waals surface area contributed by atoms with Crippen molar-refractivity contribution >= 4 is 10.1 Å². The predicted octanol–water partition coefficient (Wildman–Crippen LogP) is 3.81. The van der Waals surface area contributed by atoms with Crippen molar-refractivity contribution in [2.24, 2.45) is 34.0 Å². The first kappa shape index (κ1) is 24.7. The van der Waals surface area contributed by atoms with Gasteiger partial charge in [-0.05, 0) is 99.0 Å². The van der Waals surface area contributed by atoms with Crippen LogP contribution in [0.15, 0.2) is 29.2 Å². The van der Waals surface area contributed by atoms with E-state index < -0.39 is 27.2 Å². The van der Waals surface area contributed by atoms with Crippen molar-refractivity contribution in [3.8, 4) is 0 Å². The molecular formula is C27H40O6S. The van der Waals surface area contributed by atoms with Gasteiger partial charge in [-0.3, -0.25) is 4.18 Å². The SMILES string of the molecule is Cc1ccc(S(=O)(=O)OC[C@]2(C)[C@H](O)CC[C@@]3(C)[C@H]2CC[C@H]2C[C@@H]4CC23CC[C@]4(O)CO)cc1. The van der Waals surface area contributed by atoms with Gasteiger partial charge in [-0.1, -0.05) is 31.5 Å². The summed E-state index contributed by atoms with van der Waals surface area (Å²) in [7, 11) is -3.92. The van der Waals surface area contributed by atoms with Crippen LogP contribution in [0.25, 0.3) is 0 Å². The molecule has 34 heavy (non-hydrogen) atoms. The fourth-order valence-electron chi connectivity index (χ4n) is 8.89. The summed E-state index contributed by atoms with van der Waals surface area (Å²) < 4.78 is 31.6. The Morgan fingerprint density at radius 2 is 1.74 bits per heavy atom. The standard InChI is InChI=1S/C27H40O6S/c1-18-4-7-21(8-5-18)34(31,32)33-17-24(2)22-9-6-19-14-20-15-26(19,12-13-27(20,30)16-28)25(22,3)11-10-23(24)29/h4-5,7-8,19-20,22-23,28-30H,6,9-17H2,1-3H3/t19-,20+,22-,23+,24-,25-,26?,27-/m0/s1. The summed E-state index contributed by atoms with van der Waals surface area (Å²) in [6.07, 6.45) is 6.22. The minimum atomic E-state index is -3.92. The Balaban J connectivity index is 1.43. The molecule has 0 aliphatic heterocycles. The first-order chi connectivity index (χ1) is 15.9. The molecule has 1 unspecified atom stereocenters. The van der Waals surface area contributed by atoms with Crippen LogP contribution in [0.4, 0.5) is 0 Å². The Hall–Kier alpha value is -0.990. The van der Waals surface area contributed by atoms with Gasteiger partial charge in [0, 0.05) is 5.41 Å². The van der Waals surface area contributed by atoms with Crippen LogP contribution >= 0.6 is 0 Å². The van der Waals surface area contributed by atoms with Crippen LogP contribution in [0.3, 0.4) is 0 Å². The van der Waals surface area contributed by atoms with Crippen molar-refractivity contribution in [3.05, 3.63) is 29.8 Å². The molecule has 1 aromatic rings. The number of rotatable bonds is 5. The lowest BCUT2D eigenvalue weighted by Gasteiger charge is -2.66. The van der Waals surface area contributed by atoms with Crippen molar-refractivity contribution in [2.45, 2.75) is 88.7 Å². The maximum absolute atomic E-state index is 13.0. The van der Waals surface area contributed by atoms with Crippen molar-refractivity contribution in [1.82, 2.24) is 0 Å². The van der Waals surface area contributed by atoms with Crippen LogP contribution in [-0.4, -0.2) is 48.7 Å². The molecule has 2 bridgehead atoms. The second-order valence-corrected chi connectivity index (χ2v) is 14.0. The van der Waals surface area contributed by atoms with Gasteiger partial charge < -0.3 is 15.3 Å². The summed E-state index contributed by atoms with van der Waals surface area (Å²) in [4.78, 5) is 0.145. The van der Waals surface area contributed by atoms with Crippen molar-refractivity contribution in [1.29, 1.82) is 0 Å². The Morgan fingerprint density at radius 3 is 2.41 bits per heavy atom. The quantitative estimate of drug-likeness (QED) is 0.540. The monoisotopic (exact) mass is 492 g/mol. The van der Waals surface area contributed by atoms with Crippen LogP contribution in [0, 0.1) is 40.9 Å². The molecule has 0 amide bonds. The fourth-order valence-corrected chi connectivity index (χ4v) is 9.91. The highest BCUT2D eigenvalue weighted by Gasteiger charge is 2.70. The van der Waals surface area contributed by atoms with E-state index in [9.17, 15) is 23.7 Å². The number of aliphatic hydroxyl groups excluding tert-OH is 2. The maximum Gasteiger partial charge on any atom is 0.296 e. The van der Waals surface area contributed by atoms with Gasteiger partial charge in [0.1, 0.15) is 0 Å². The highest BCUT2D eigenvalue weighted by atomic mass is 32.2. The summed E-state index contributed by atoms with van der Waals surface area (Å²) in [6, 6.07) is 6.67. The smallest absolute Gasteiger partial charge is 0.296 e. The van der Waals surface area contributed by atoms with E-state index >= 15 is 0 Å². The molecule has 1 aromatic carbocycles. The van der Waals surface area contributed by atoms with Gasteiger partial charge >= 0.3 is 0 Å². The Bertz CT molecular complexity index is 1040. The average Bonchev–Trinajstić information content (AvgIpc) is 3.16. The number of fused-ring (bicyclic) bond motifs is 2. The van der Waals surface area contributed by atoms with Gasteiger partial charge in [-0.2, -0.15) is 8.42 Å². The molecule has 0 radical (unpaired) electrons. The molecule has 3 N–H and O–H groups in total. The van der Waals surface area contributed by atoms with Crippen molar-refractivity contribution in [3.63, 3.8) is 0 Å². The van der Waals surface area contributed by atoms with Gasteiger partial charge in [-0.15, -0.1) is 0 Å². The van der Waals surface area contributed by atoms with Crippen LogP contribution < -0.4 is 0 Å². The molecular weight excluding hydrogens is 452 g/mol. The average molecular weight is 493 g/mol. The third kappa shape index (κ3) is 3.37. The van der Waals surface area contributed by atoms with Crippen LogP contribution in [-0.2, 0) is 14.3 Å². The molecule has 1 spiro atoms. The summed E-state index contributed by atoms with van der Waals surface area (Å²) in [6.45, 7) is 6.07. The lowest BCUT2D eigenvalue weighted by atomic mass is 9.39. The first-order valence-electron chi connectivity index (χ1n) is 12.9. The zero-order valence-corrected chi connectivity index (χ0v) is 21.5. The lowest BCUT2D eigenvalue weighted by Crippen LogP contribution is -2.63. The molecule has 4 saturated carbocycles. The van der Waals surface area contributed by atoms with Crippen molar-refractivity contribution < 1.29 is 27.9 Å². The zero-order chi connectivity index (χ0) is 24.6. The van der Waals surface area contributed by atoms with E-state index in [1.54, 1.807) is 24.3 Å². The molecule has 0 saturated heterocycles. The Kier molecular flexibility index (Phi) is 5.81. The van der Waals surface area contributed by atoms with E-state index in [-0.39, 0.29) is 40.8 Å². The number of hydrogen-bond donors (Lipinski definition) is 3. The van der Waals surface area contributed by atoms with E-state index in [0.29, 0.717) is 18.8 Å². The largest absolute Gasteiger partial charge is 0.393 e. The number of aliphatic hydroxyl groups is 3. The molecule has 4 aliphatic rings. The highest BCUT2D eigenvalue weighted by molar-refractivity contribution is 7.86. The van der Waals surface area contributed by atoms with E-state index in [2.05, 4.69) is 6.92 Å². The summed E-state index contributed by atoms with van der Waals surface area (Å²) >= 11 is 0. The molecule has 0 aromatic heterocycles. The molecule has 190 valence electrons. The normalized spacial score (nSPS) is 46.1. The fraction of sp³-hybridized carbons (Fsp3) is 0.778. The predicted molar refractivity (Wildman–Crippen MR) is 128 cm³/mol. The number of aryl methyl sites for hydroxylation is 1. The topological polar surface area (TPSA) is 104 Å². The van der Waals surface area contributed by atoms with Gasteiger partial charge in [0.2, 0.25) is 0 Å². The second-order valence-electron chi connectivity index (χ2n) is 12.4. The van der Waals surface area contributed by atoms with Gasteiger partial charge in [0.15, 0.2) is 0 Å². The third-order valence-corrected chi connectivity index (χ3v) is 12.3. The van der Waals surface area contributed by atoms with E-state index in [1.165, 1.54) is 0 Å². The molecule has 6 nitrogen and oxygen atoms in total. The Labute approximate surface area is 203 Å². The number of benzene rings is 1. The van der Waals surface area contributed by atoms with Gasteiger partial charge in [0.05, 0.1) is 29.8 Å². The second kappa shape index (κ2) is 8.01. The molecule has 4 aliphatic carbocycles. The summed E-state index contributed by atoms with van der Waals surface area (Å²) in [5, 5.41) is 32.2. The van der Waals surface area contributed by atoms with Crippen molar-refractivity contribution in [2.75, 3.05) is 13.2 Å². The van der Waals surface area contributed by atoms with Gasteiger partial charge in [0.25, 0.3) is 10.1 Å². The van der Waals surface area contributed by atoms with E-state index in [4.69, 9.17) is 4.18 Å². The zero-order valence-electron chi connectivity index (χ0n) is 20.7. The molecule has 0 heterocycles. The minimum Gasteiger partial charge on any atom is -0.393 e. The summed E-state index contributed by atoms with van der Waals surface area (Å²) in [5.74, 6) is 0.756. The lowest BCUT2D eigenvalue weighted by molar-refractivity contribution is -0.214. The van der Waals surface area contributed by atoms with Crippen LogP contribution in [0.5, 0.6) is 0 Å².